The highest BCUT2D eigenvalue weighted by Crippen LogP contribution is 2.28. The van der Waals surface area contributed by atoms with Crippen molar-refractivity contribution in [3.63, 3.8) is 0 Å². The Kier molecular flexibility index (Phi) is 5.32. The van der Waals surface area contributed by atoms with Crippen LogP contribution in [0.5, 0.6) is 0 Å². The van der Waals surface area contributed by atoms with Gasteiger partial charge in [0.25, 0.3) is 5.56 Å². The van der Waals surface area contributed by atoms with Crippen molar-refractivity contribution < 1.29 is 9.59 Å². The Hall–Kier alpha value is -4.45. The summed E-state index contributed by atoms with van der Waals surface area (Å²) in [7, 11) is 0. The molecule has 0 radical (unpaired) electrons. The molecule has 0 aliphatic carbocycles. The molecule has 0 fully saturated rings. The highest BCUT2D eigenvalue weighted by atomic mass is 16.2. The first-order valence-corrected chi connectivity index (χ1v) is 10.7. The summed E-state index contributed by atoms with van der Waals surface area (Å²) < 4.78 is 0. The maximum absolute atomic E-state index is 12.8. The number of benzene rings is 3. The third kappa shape index (κ3) is 4.19. The number of nitrogens with one attached hydrogen (secondary N) is 3. The molecule has 1 amide bonds. The third-order valence-corrected chi connectivity index (χ3v) is 5.68. The fourth-order valence-electron chi connectivity index (χ4n) is 3.99. The van der Waals surface area contributed by atoms with Crippen LogP contribution in [0.2, 0.25) is 0 Å². The molecule has 6 nitrogen and oxygen atoms in total. The minimum Gasteiger partial charge on any atom is -0.361 e. The van der Waals surface area contributed by atoms with Crippen LogP contribution in [0.15, 0.2) is 89.9 Å². The molecule has 2 heterocycles. The van der Waals surface area contributed by atoms with Crippen molar-refractivity contribution in [1.29, 1.82) is 0 Å². The molecule has 0 unspecified atom stereocenters. The number of ketones is 1. The summed E-state index contributed by atoms with van der Waals surface area (Å²) in [5.74, 6) is -0.324. The Morgan fingerprint density at radius 1 is 0.788 bits per heavy atom. The quantitative estimate of drug-likeness (QED) is 0.317. The van der Waals surface area contributed by atoms with Crippen molar-refractivity contribution in [2.45, 2.75) is 12.8 Å². The number of Topliss-reactive ketones (excluding diaryl/α,β-unsaturated/α-hetero) is 1. The molecule has 0 aliphatic rings. The zero-order chi connectivity index (χ0) is 22.8. The van der Waals surface area contributed by atoms with Crippen LogP contribution in [0.25, 0.3) is 32.9 Å². The van der Waals surface area contributed by atoms with Gasteiger partial charge < -0.3 is 15.3 Å². The van der Waals surface area contributed by atoms with Crippen LogP contribution in [-0.4, -0.2) is 21.7 Å². The van der Waals surface area contributed by atoms with Crippen LogP contribution in [-0.2, 0) is 4.79 Å². The normalized spacial score (nSPS) is 11.0. The number of hydrogen-bond donors (Lipinski definition) is 3. The first-order valence-electron chi connectivity index (χ1n) is 10.7. The second-order valence-corrected chi connectivity index (χ2v) is 7.90. The van der Waals surface area contributed by atoms with E-state index in [2.05, 4.69) is 15.3 Å². The van der Waals surface area contributed by atoms with Gasteiger partial charge in [-0.2, -0.15) is 0 Å². The van der Waals surface area contributed by atoms with E-state index in [1.54, 1.807) is 36.4 Å². The molecule has 0 saturated heterocycles. The molecule has 3 aromatic carbocycles. The molecule has 0 saturated carbocycles. The minimum absolute atomic E-state index is 0.0709. The zero-order valence-corrected chi connectivity index (χ0v) is 17.7. The molecule has 0 bridgehead atoms. The van der Waals surface area contributed by atoms with Crippen molar-refractivity contribution in [3.8, 4) is 11.1 Å². The van der Waals surface area contributed by atoms with E-state index in [1.165, 1.54) is 0 Å². The number of amides is 1. The summed E-state index contributed by atoms with van der Waals surface area (Å²) in [6, 6.07) is 24.0. The number of fused-ring (bicyclic) bond motifs is 2. The number of pyridine rings is 1. The second-order valence-electron chi connectivity index (χ2n) is 7.90. The molecule has 0 spiro atoms. The number of para-hydroxylation sites is 1. The number of hydrogen-bond acceptors (Lipinski definition) is 3. The fourth-order valence-corrected chi connectivity index (χ4v) is 3.99. The third-order valence-electron chi connectivity index (χ3n) is 5.68. The average molecular weight is 435 g/mol. The summed E-state index contributed by atoms with van der Waals surface area (Å²) in [5.41, 5.74) is 3.97. The monoisotopic (exact) mass is 435 g/mol. The van der Waals surface area contributed by atoms with Crippen LogP contribution in [0, 0.1) is 0 Å². The lowest BCUT2D eigenvalue weighted by Gasteiger charge is -2.08. The van der Waals surface area contributed by atoms with E-state index in [1.807, 2.05) is 48.7 Å². The summed E-state index contributed by atoms with van der Waals surface area (Å²) in [6.45, 7) is 0. The number of carbonyl (C=O) groups excluding carboxylic acids is 2. The molecule has 33 heavy (non-hydrogen) atoms. The minimum atomic E-state index is -0.253. The van der Waals surface area contributed by atoms with E-state index in [0.29, 0.717) is 22.3 Å². The number of anilines is 1. The first-order chi connectivity index (χ1) is 16.1. The summed E-state index contributed by atoms with van der Waals surface area (Å²) in [5, 5.41) is 4.65. The van der Waals surface area contributed by atoms with E-state index in [0.717, 1.165) is 21.9 Å². The van der Waals surface area contributed by atoms with E-state index in [-0.39, 0.29) is 30.1 Å². The second kappa shape index (κ2) is 8.59. The molecule has 0 aliphatic heterocycles. The van der Waals surface area contributed by atoms with E-state index in [9.17, 15) is 14.4 Å². The predicted octanol–water partition coefficient (Wildman–Crippen LogP) is 5.28. The average Bonchev–Trinajstić information content (AvgIpc) is 3.26. The lowest BCUT2D eigenvalue weighted by molar-refractivity contribution is -0.116. The van der Waals surface area contributed by atoms with Crippen LogP contribution < -0.4 is 10.9 Å². The van der Waals surface area contributed by atoms with E-state index >= 15 is 0 Å². The molecular formula is C27H21N3O3. The Morgan fingerprint density at radius 2 is 1.58 bits per heavy atom. The Bertz CT molecular complexity index is 1550. The van der Waals surface area contributed by atoms with Crippen molar-refractivity contribution >= 4 is 39.2 Å². The molecular weight excluding hydrogens is 414 g/mol. The highest BCUT2D eigenvalue weighted by molar-refractivity contribution is 6.01. The van der Waals surface area contributed by atoms with Crippen LogP contribution >= 0.6 is 0 Å². The van der Waals surface area contributed by atoms with Gasteiger partial charge in [-0.1, -0.05) is 54.6 Å². The van der Waals surface area contributed by atoms with Gasteiger partial charge in [0.1, 0.15) is 0 Å². The molecule has 2 aromatic heterocycles. The lowest BCUT2D eigenvalue weighted by atomic mass is 10.0. The maximum atomic E-state index is 12.8. The zero-order valence-electron chi connectivity index (χ0n) is 17.7. The molecule has 0 atom stereocenters. The fraction of sp³-hybridized carbons (Fsp3) is 0.0741. The predicted molar refractivity (Wildman–Crippen MR) is 130 cm³/mol. The van der Waals surface area contributed by atoms with Crippen molar-refractivity contribution in [2.75, 3.05) is 5.32 Å². The summed E-state index contributed by atoms with van der Waals surface area (Å²) >= 11 is 0. The Morgan fingerprint density at radius 3 is 2.42 bits per heavy atom. The SMILES string of the molecule is O=C(CCC(=O)c1ccccc1)Nc1ccc2cc(-c3c[nH]c4ccccc34)c(=O)[nH]c2c1. The van der Waals surface area contributed by atoms with Crippen molar-refractivity contribution in [3.05, 3.63) is 101 Å². The number of aromatic nitrogens is 2. The molecule has 5 rings (SSSR count). The van der Waals surface area contributed by atoms with Gasteiger partial charge in [0.15, 0.2) is 5.78 Å². The van der Waals surface area contributed by atoms with Crippen molar-refractivity contribution in [2.24, 2.45) is 0 Å². The van der Waals surface area contributed by atoms with Gasteiger partial charge in [0.05, 0.1) is 5.52 Å². The van der Waals surface area contributed by atoms with E-state index < -0.39 is 0 Å². The Balaban J connectivity index is 1.34. The van der Waals surface area contributed by atoms with Crippen LogP contribution in [0.3, 0.4) is 0 Å². The van der Waals surface area contributed by atoms with E-state index in [4.69, 9.17) is 0 Å². The van der Waals surface area contributed by atoms with Gasteiger partial charge in [-0.15, -0.1) is 0 Å². The number of H-pyrrole nitrogens is 2. The van der Waals surface area contributed by atoms with Crippen LogP contribution in [0.1, 0.15) is 23.2 Å². The topological polar surface area (TPSA) is 94.8 Å². The van der Waals surface area contributed by atoms with Crippen molar-refractivity contribution in [1.82, 2.24) is 9.97 Å². The van der Waals surface area contributed by atoms with Gasteiger partial charge in [0, 0.05) is 52.3 Å². The first kappa shape index (κ1) is 20.5. The lowest BCUT2D eigenvalue weighted by Crippen LogP contribution is -2.14. The smallest absolute Gasteiger partial charge is 0.256 e. The molecule has 162 valence electrons. The molecule has 5 aromatic rings. The van der Waals surface area contributed by atoms with Gasteiger partial charge in [-0.05, 0) is 29.7 Å². The number of rotatable bonds is 6. The molecule has 6 heteroatoms. The van der Waals surface area contributed by atoms with Gasteiger partial charge in [-0.25, -0.2) is 0 Å². The number of carbonyl (C=O) groups is 2. The largest absolute Gasteiger partial charge is 0.361 e. The maximum Gasteiger partial charge on any atom is 0.256 e. The highest BCUT2D eigenvalue weighted by Gasteiger charge is 2.12. The summed E-state index contributed by atoms with van der Waals surface area (Å²) in [4.78, 5) is 43.5. The Labute approximate surface area is 189 Å². The number of aromatic amines is 2. The standard InChI is InChI=1S/C27H21N3O3/c31-25(17-6-2-1-3-7-17)12-13-26(32)29-19-11-10-18-14-21(27(33)30-24(18)15-19)22-16-28-23-9-5-4-8-20(22)23/h1-11,14-16,28H,12-13H2,(H,29,32)(H,30,33). The van der Waals surface area contributed by atoms with Gasteiger partial charge in [-0.3, -0.25) is 14.4 Å². The van der Waals surface area contributed by atoms with Gasteiger partial charge >= 0.3 is 0 Å². The van der Waals surface area contributed by atoms with Gasteiger partial charge in [0.2, 0.25) is 5.91 Å². The summed E-state index contributed by atoms with van der Waals surface area (Å²) in [6.07, 6.45) is 2.06. The van der Waals surface area contributed by atoms with Crippen LogP contribution in [0.4, 0.5) is 5.69 Å². The molecule has 3 N–H and O–H groups in total.